The van der Waals surface area contributed by atoms with Crippen LogP contribution in [0.1, 0.15) is 30.5 Å². The Morgan fingerprint density at radius 3 is 2.96 bits per heavy atom. The zero-order valence-electron chi connectivity index (χ0n) is 14.7. The molecule has 0 amide bonds. The molecule has 3 aliphatic rings. The molecular formula is C16H25N5O3S. The van der Waals surface area contributed by atoms with Gasteiger partial charge in [0, 0.05) is 45.5 Å². The van der Waals surface area contributed by atoms with E-state index in [1.165, 1.54) is 21.5 Å². The van der Waals surface area contributed by atoms with Gasteiger partial charge in [-0.3, -0.25) is 0 Å². The second-order valence-electron chi connectivity index (χ2n) is 7.54. The summed E-state index contributed by atoms with van der Waals surface area (Å²) in [5.41, 5.74) is 1.53. The molecule has 1 aromatic rings. The molecule has 2 aliphatic heterocycles. The minimum Gasteiger partial charge on any atom is -0.376 e. The topological polar surface area (TPSA) is 87.7 Å². The molecule has 1 spiro atoms. The quantitative estimate of drug-likeness (QED) is 0.819. The molecule has 1 saturated carbocycles. The average molecular weight is 367 g/mol. The Hall–Kier alpha value is -1.29. The Labute approximate surface area is 148 Å². The summed E-state index contributed by atoms with van der Waals surface area (Å²) in [6.45, 7) is 2.78. The molecule has 3 heterocycles. The van der Waals surface area contributed by atoms with E-state index in [-0.39, 0.29) is 5.41 Å². The van der Waals surface area contributed by atoms with Crippen molar-refractivity contribution in [1.82, 2.24) is 18.6 Å². The fraction of sp³-hybridized carbons (Fsp3) is 0.750. The van der Waals surface area contributed by atoms with E-state index in [1.54, 1.807) is 14.1 Å². The van der Waals surface area contributed by atoms with Crippen LogP contribution in [0.15, 0.2) is 6.20 Å². The molecule has 8 nitrogen and oxygen atoms in total. The van der Waals surface area contributed by atoms with Crippen LogP contribution in [-0.2, 0) is 27.0 Å². The largest absolute Gasteiger partial charge is 0.376 e. The molecule has 4 rings (SSSR count). The smallest absolute Gasteiger partial charge is 0.281 e. The van der Waals surface area contributed by atoms with Gasteiger partial charge in [-0.15, -0.1) is 0 Å². The summed E-state index contributed by atoms with van der Waals surface area (Å²) in [6, 6.07) is 0. The van der Waals surface area contributed by atoms with Gasteiger partial charge in [-0.05, 0) is 25.2 Å². The van der Waals surface area contributed by atoms with Crippen molar-refractivity contribution in [3.8, 4) is 0 Å². The fourth-order valence-electron chi connectivity index (χ4n) is 3.61. The van der Waals surface area contributed by atoms with E-state index in [1.807, 2.05) is 6.20 Å². The molecule has 138 valence electrons. The minimum atomic E-state index is -3.43. The van der Waals surface area contributed by atoms with Crippen molar-refractivity contribution >= 4 is 16.2 Å². The zero-order valence-corrected chi connectivity index (χ0v) is 15.5. The van der Waals surface area contributed by atoms with Gasteiger partial charge in [-0.2, -0.15) is 17.0 Å². The third-order valence-electron chi connectivity index (χ3n) is 5.36. The predicted molar refractivity (Wildman–Crippen MR) is 93.4 cm³/mol. The van der Waals surface area contributed by atoms with Gasteiger partial charge in [0.25, 0.3) is 10.2 Å². The average Bonchev–Trinajstić information content (AvgIpc) is 3.32. The zero-order chi connectivity index (χ0) is 17.7. The lowest BCUT2D eigenvalue weighted by Gasteiger charge is -2.34. The van der Waals surface area contributed by atoms with Gasteiger partial charge in [0.2, 0.25) is 5.95 Å². The summed E-state index contributed by atoms with van der Waals surface area (Å²) in [7, 11) is -0.299. The molecule has 1 N–H and O–H groups in total. The van der Waals surface area contributed by atoms with Gasteiger partial charge in [-0.25, -0.2) is 9.97 Å². The van der Waals surface area contributed by atoms with Gasteiger partial charge >= 0.3 is 0 Å². The predicted octanol–water partition coefficient (Wildman–Crippen LogP) is 0.579. The van der Waals surface area contributed by atoms with Crippen molar-refractivity contribution in [2.75, 3.05) is 45.7 Å². The van der Waals surface area contributed by atoms with E-state index in [0.29, 0.717) is 38.7 Å². The van der Waals surface area contributed by atoms with Crippen molar-refractivity contribution in [3.05, 3.63) is 17.5 Å². The number of nitrogens with one attached hydrogen (secondary N) is 1. The van der Waals surface area contributed by atoms with Crippen molar-refractivity contribution < 1.29 is 13.2 Å². The van der Waals surface area contributed by atoms with Gasteiger partial charge in [0.1, 0.15) is 0 Å². The molecular weight excluding hydrogens is 342 g/mol. The molecule has 0 aromatic carbocycles. The monoisotopic (exact) mass is 367 g/mol. The highest BCUT2D eigenvalue weighted by atomic mass is 32.2. The molecule has 1 unspecified atom stereocenters. The summed E-state index contributed by atoms with van der Waals surface area (Å²) in [4.78, 5) is 9.17. The first-order valence-electron chi connectivity index (χ1n) is 8.76. The lowest BCUT2D eigenvalue weighted by Crippen LogP contribution is -2.44. The van der Waals surface area contributed by atoms with Crippen molar-refractivity contribution in [2.24, 2.45) is 5.92 Å². The van der Waals surface area contributed by atoms with Gasteiger partial charge in [0.05, 0.1) is 24.3 Å². The van der Waals surface area contributed by atoms with E-state index in [2.05, 4.69) is 10.3 Å². The lowest BCUT2D eigenvalue weighted by atomic mass is 9.81. The molecule has 1 aliphatic carbocycles. The lowest BCUT2D eigenvalue weighted by molar-refractivity contribution is 0.0531. The summed E-state index contributed by atoms with van der Waals surface area (Å²) in [5, 5.41) is 3.32. The second-order valence-corrected chi connectivity index (χ2v) is 9.68. The van der Waals surface area contributed by atoms with E-state index in [9.17, 15) is 8.42 Å². The number of rotatable bonds is 5. The third-order valence-corrected chi connectivity index (χ3v) is 7.24. The standard InChI is InChI=1S/C16H25N5O3S/c1-20(2)25(22,23)21-6-5-16(10-21)11-24-9-13-8-18-15(19-14(13)16)17-7-12-3-4-12/h8,12H,3-7,9-11H2,1-2H3,(H,17,18,19). The van der Waals surface area contributed by atoms with E-state index in [4.69, 9.17) is 9.72 Å². The van der Waals surface area contributed by atoms with Crippen LogP contribution in [0.4, 0.5) is 5.95 Å². The molecule has 9 heteroatoms. The van der Waals surface area contributed by atoms with Crippen LogP contribution < -0.4 is 5.32 Å². The first-order valence-corrected chi connectivity index (χ1v) is 10.2. The Bertz CT molecular complexity index is 765. The second kappa shape index (κ2) is 6.15. The van der Waals surface area contributed by atoms with E-state index >= 15 is 0 Å². The maximum Gasteiger partial charge on any atom is 0.281 e. The van der Waals surface area contributed by atoms with Crippen LogP contribution in [0.3, 0.4) is 0 Å². The molecule has 0 bridgehead atoms. The summed E-state index contributed by atoms with van der Waals surface area (Å²) < 4.78 is 33.5. The van der Waals surface area contributed by atoms with Gasteiger partial charge < -0.3 is 10.1 Å². The summed E-state index contributed by atoms with van der Waals surface area (Å²) in [6.07, 6.45) is 5.08. The Kier molecular flexibility index (Phi) is 4.22. The fourth-order valence-corrected chi connectivity index (χ4v) is 4.81. The normalized spacial score (nSPS) is 27.0. The molecule has 1 saturated heterocycles. The highest BCUT2D eigenvalue weighted by molar-refractivity contribution is 7.86. The third kappa shape index (κ3) is 3.14. The van der Waals surface area contributed by atoms with Gasteiger partial charge in [-0.1, -0.05) is 0 Å². The van der Waals surface area contributed by atoms with Crippen LogP contribution in [0.25, 0.3) is 0 Å². The van der Waals surface area contributed by atoms with E-state index in [0.717, 1.165) is 23.7 Å². The van der Waals surface area contributed by atoms with Crippen LogP contribution in [0.2, 0.25) is 0 Å². The van der Waals surface area contributed by atoms with Gasteiger partial charge in [0.15, 0.2) is 0 Å². The molecule has 1 aromatic heterocycles. The number of anilines is 1. The number of hydrogen-bond acceptors (Lipinski definition) is 6. The first-order chi connectivity index (χ1) is 11.9. The Morgan fingerprint density at radius 2 is 2.24 bits per heavy atom. The number of fused-ring (bicyclic) bond motifs is 2. The number of hydrogen-bond donors (Lipinski definition) is 1. The molecule has 1 atom stereocenters. The first kappa shape index (κ1) is 17.1. The van der Waals surface area contributed by atoms with Crippen LogP contribution in [-0.4, -0.2) is 67.3 Å². The maximum atomic E-state index is 12.5. The minimum absolute atomic E-state index is 0.379. The summed E-state index contributed by atoms with van der Waals surface area (Å²) >= 11 is 0. The van der Waals surface area contributed by atoms with Crippen molar-refractivity contribution in [2.45, 2.75) is 31.3 Å². The number of nitrogens with zero attached hydrogens (tertiary/aromatic N) is 4. The highest BCUT2D eigenvalue weighted by Crippen LogP contribution is 2.40. The van der Waals surface area contributed by atoms with Crippen LogP contribution >= 0.6 is 0 Å². The van der Waals surface area contributed by atoms with Crippen molar-refractivity contribution in [3.63, 3.8) is 0 Å². The maximum absolute atomic E-state index is 12.5. The Balaban J connectivity index is 1.61. The van der Waals surface area contributed by atoms with E-state index < -0.39 is 10.2 Å². The Morgan fingerprint density at radius 1 is 1.44 bits per heavy atom. The number of aromatic nitrogens is 2. The number of ether oxygens (including phenoxy) is 1. The highest BCUT2D eigenvalue weighted by Gasteiger charge is 2.48. The molecule has 25 heavy (non-hydrogen) atoms. The van der Waals surface area contributed by atoms with Crippen LogP contribution in [0, 0.1) is 5.92 Å². The molecule has 2 fully saturated rings. The summed E-state index contributed by atoms with van der Waals surface area (Å²) in [5.74, 6) is 1.38. The van der Waals surface area contributed by atoms with Crippen molar-refractivity contribution in [1.29, 1.82) is 0 Å². The van der Waals surface area contributed by atoms with Crippen LogP contribution in [0.5, 0.6) is 0 Å². The SMILES string of the molecule is CN(C)S(=O)(=O)N1CCC2(COCc3cnc(NCC4CC4)nc32)C1. The molecule has 0 radical (unpaired) electrons.